The topological polar surface area (TPSA) is 26.3 Å². The Morgan fingerprint density at radius 3 is 2.33 bits per heavy atom. The van der Waals surface area contributed by atoms with E-state index in [1.54, 1.807) is 0 Å². The Morgan fingerprint density at radius 1 is 1.33 bits per heavy atom. The molecule has 0 radical (unpaired) electrons. The van der Waals surface area contributed by atoms with Gasteiger partial charge in [-0.1, -0.05) is 13.8 Å². The van der Waals surface area contributed by atoms with Crippen molar-refractivity contribution in [3.05, 3.63) is 0 Å². The summed E-state index contributed by atoms with van der Waals surface area (Å²) in [5, 5.41) is -0.168. The second-order valence-corrected chi connectivity index (χ2v) is 5.31. The minimum atomic E-state index is -0.322. The quantitative estimate of drug-likeness (QED) is 0.502. The molecule has 0 N–H and O–H groups in total. The number of carbonyl (C=O) groups excluding carboxylic acids is 1. The number of thioether (sulfide) groups is 1. The number of halogens is 1. The number of alkyl halides is 1. The lowest BCUT2D eigenvalue weighted by atomic mass is 10.1. The lowest BCUT2D eigenvalue weighted by molar-refractivity contribution is -0.147. The molecule has 0 aliphatic rings. The molecule has 0 amide bonds. The van der Waals surface area contributed by atoms with Gasteiger partial charge in [0.25, 0.3) is 0 Å². The van der Waals surface area contributed by atoms with Gasteiger partial charge in [-0.25, -0.2) is 0 Å². The van der Waals surface area contributed by atoms with Crippen LogP contribution in [0.5, 0.6) is 0 Å². The zero-order valence-corrected chi connectivity index (χ0v) is 10.8. The molecule has 0 aromatic carbocycles. The van der Waals surface area contributed by atoms with Crippen molar-refractivity contribution in [1.29, 1.82) is 0 Å². The van der Waals surface area contributed by atoms with Crippen LogP contribution in [0.15, 0.2) is 0 Å². The van der Waals surface area contributed by atoms with Crippen LogP contribution in [0.4, 0.5) is 4.39 Å². The Balaban J connectivity index is 4.07. The van der Waals surface area contributed by atoms with E-state index >= 15 is 0 Å². The highest BCUT2D eigenvalue weighted by atomic mass is 32.2. The van der Waals surface area contributed by atoms with Gasteiger partial charge in [-0.3, -0.25) is 9.18 Å². The van der Waals surface area contributed by atoms with E-state index < -0.39 is 0 Å². The lowest BCUT2D eigenvalue weighted by Crippen LogP contribution is -2.28. The Kier molecular flexibility index (Phi) is 7.83. The predicted molar refractivity (Wildman–Crippen MR) is 62.9 cm³/mol. The summed E-state index contributed by atoms with van der Waals surface area (Å²) in [7, 11) is 0. The Bertz CT molecular complexity index is 183. The van der Waals surface area contributed by atoms with E-state index in [0.717, 1.165) is 0 Å². The van der Waals surface area contributed by atoms with Gasteiger partial charge in [-0.2, -0.15) is 0 Å². The third-order valence-corrected chi connectivity index (χ3v) is 3.39. The minimum absolute atomic E-state index is 0.0828. The molecule has 0 spiro atoms. The van der Waals surface area contributed by atoms with E-state index in [1.165, 1.54) is 11.8 Å². The molecule has 15 heavy (non-hydrogen) atoms. The number of esters is 1. The van der Waals surface area contributed by atoms with E-state index in [-0.39, 0.29) is 29.9 Å². The molecule has 0 aromatic rings. The van der Waals surface area contributed by atoms with Crippen LogP contribution in [-0.2, 0) is 9.53 Å². The van der Waals surface area contributed by atoms with Gasteiger partial charge in [0.1, 0.15) is 5.25 Å². The Labute approximate surface area is 96.0 Å². The van der Waals surface area contributed by atoms with Crippen LogP contribution < -0.4 is 0 Å². The molecular formula is C11H21FO2S. The van der Waals surface area contributed by atoms with Crippen LogP contribution in [-0.4, -0.2) is 29.8 Å². The highest BCUT2D eigenvalue weighted by Crippen LogP contribution is 2.22. The van der Waals surface area contributed by atoms with Gasteiger partial charge in [0.15, 0.2) is 0 Å². The lowest BCUT2D eigenvalue weighted by Gasteiger charge is -2.20. The maximum absolute atomic E-state index is 11.9. The summed E-state index contributed by atoms with van der Waals surface area (Å²) in [5.74, 6) is 0.719. The van der Waals surface area contributed by atoms with Crippen LogP contribution >= 0.6 is 11.8 Å². The van der Waals surface area contributed by atoms with Gasteiger partial charge in [0.05, 0.1) is 12.8 Å². The van der Waals surface area contributed by atoms with Crippen LogP contribution in [0.3, 0.4) is 0 Å². The largest absolute Gasteiger partial charge is 0.462 e. The molecule has 0 aromatic heterocycles. The van der Waals surface area contributed by atoms with E-state index in [2.05, 4.69) is 0 Å². The number of carbonyl (C=O) groups is 1. The highest BCUT2D eigenvalue weighted by molar-refractivity contribution is 8.00. The van der Waals surface area contributed by atoms with Crippen LogP contribution in [0, 0.1) is 5.92 Å². The third kappa shape index (κ3) is 6.77. The van der Waals surface area contributed by atoms with Gasteiger partial charge in [0.2, 0.25) is 0 Å². The molecule has 0 rings (SSSR count). The SMILES string of the molecule is CC(C)OC(=O)C(SCCCF)C(C)C. The summed E-state index contributed by atoms with van der Waals surface area (Å²) in [4.78, 5) is 11.7. The molecule has 1 unspecified atom stereocenters. The molecule has 0 fully saturated rings. The molecule has 90 valence electrons. The maximum atomic E-state index is 11.9. The smallest absolute Gasteiger partial charge is 0.319 e. The zero-order chi connectivity index (χ0) is 11.8. The molecule has 0 aliphatic heterocycles. The average Bonchev–Trinajstić information content (AvgIpc) is 2.10. The zero-order valence-electron chi connectivity index (χ0n) is 9.96. The Morgan fingerprint density at radius 2 is 1.93 bits per heavy atom. The third-order valence-electron chi connectivity index (χ3n) is 1.77. The summed E-state index contributed by atoms with van der Waals surface area (Å²) in [6, 6.07) is 0. The van der Waals surface area contributed by atoms with E-state index in [4.69, 9.17) is 4.74 Å². The minimum Gasteiger partial charge on any atom is -0.462 e. The average molecular weight is 236 g/mol. The standard InChI is InChI=1S/C11H21FO2S/c1-8(2)10(15-7-5-6-12)11(13)14-9(3)4/h8-10H,5-7H2,1-4H3. The van der Waals surface area contributed by atoms with Crippen molar-refractivity contribution in [2.24, 2.45) is 5.92 Å². The van der Waals surface area contributed by atoms with E-state index in [9.17, 15) is 9.18 Å². The number of hydrogen-bond donors (Lipinski definition) is 0. The molecule has 0 saturated carbocycles. The van der Waals surface area contributed by atoms with Crippen molar-refractivity contribution < 1.29 is 13.9 Å². The molecule has 0 saturated heterocycles. The first-order valence-electron chi connectivity index (χ1n) is 5.37. The molecular weight excluding hydrogens is 215 g/mol. The van der Waals surface area contributed by atoms with Crippen LogP contribution in [0.1, 0.15) is 34.1 Å². The van der Waals surface area contributed by atoms with Crippen molar-refractivity contribution >= 4 is 17.7 Å². The van der Waals surface area contributed by atoms with Gasteiger partial charge in [0, 0.05) is 0 Å². The molecule has 0 heterocycles. The highest BCUT2D eigenvalue weighted by Gasteiger charge is 2.24. The summed E-state index contributed by atoms with van der Waals surface area (Å²) in [5.41, 5.74) is 0. The van der Waals surface area contributed by atoms with Gasteiger partial charge in [-0.05, 0) is 31.9 Å². The van der Waals surface area contributed by atoms with Crippen molar-refractivity contribution in [3.63, 3.8) is 0 Å². The maximum Gasteiger partial charge on any atom is 0.319 e. The fraction of sp³-hybridized carbons (Fsp3) is 0.909. The summed E-state index contributed by atoms with van der Waals surface area (Å²) < 4.78 is 17.1. The van der Waals surface area contributed by atoms with Crippen molar-refractivity contribution in [1.82, 2.24) is 0 Å². The fourth-order valence-corrected chi connectivity index (χ4v) is 2.20. The number of rotatable bonds is 7. The molecule has 4 heteroatoms. The molecule has 0 bridgehead atoms. The number of hydrogen-bond acceptors (Lipinski definition) is 3. The monoisotopic (exact) mass is 236 g/mol. The second-order valence-electron chi connectivity index (χ2n) is 4.06. The van der Waals surface area contributed by atoms with Crippen molar-refractivity contribution in [3.8, 4) is 0 Å². The van der Waals surface area contributed by atoms with E-state index in [0.29, 0.717) is 12.2 Å². The first kappa shape index (κ1) is 14.8. The first-order chi connectivity index (χ1) is 6.99. The van der Waals surface area contributed by atoms with Crippen molar-refractivity contribution in [2.45, 2.75) is 45.5 Å². The van der Waals surface area contributed by atoms with Gasteiger partial charge < -0.3 is 4.74 Å². The van der Waals surface area contributed by atoms with Gasteiger partial charge in [-0.15, -0.1) is 11.8 Å². The number of ether oxygens (including phenoxy) is 1. The molecule has 0 aliphatic carbocycles. The second kappa shape index (κ2) is 7.97. The summed E-state index contributed by atoms with van der Waals surface area (Å²) >= 11 is 1.49. The summed E-state index contributed by atoms with van der Waals surface area (Å²) in [6.45, 7) is 7.31. The first-order valence-corrected chi connectivity index (χ1v) is 6.42. The van der Waals surface area contributed by atoms with Crippen LogP contribution in [0.25, 0.3) is 0 Å². The van der Waals surface area contributed by atoms with Crippen LogP contribution in [0.2, 0.25) is 0 Å². The van der Waals surface area contributed by atoms with Gasteiger partial charge >= 0.3 is 5.97 Å². The molecule has 1 atom stereocenters. The van der Waals surface area contributed by atoms with Crippen molar-refractivity contribution in [2.75, 3.05) is 12.4 Å². The predicted octanol–water partition coefficient (Wildman–Crippen LogP) is 3.06. The molecule has 2 nitrogen and oxygen atoms in total. The summed E-state index contributed by atoms with van der Waals surface area (Å²) in [6.07, 6.45) is 0.420. The normalized spacial score (nSPS) is 13.3. The Hall–Kier alpha value is -0.250. The fourth-order valence-electron chi connectivity index (χ4n) is 1.10. The van der Waals surface area contributed by atoms with E-state index in [1.807, 2.05) is 27.7 Å².